The lowest BCUT2D eigenvalue weighted by Gasteiger charge is -2.35. The normalized spacial score (nSPS) is 20.3. The molecular weight excluding hydrogens is 452 g/mol. The van der Waals surface area contributed by atoms with Crippen LogP contribution in [0.5, 0.6) is 0 Å². The van der Waals surface area contributed by atoms with Crippen molar-refractivity contribution in [3.05, 3.63) is 47.3 Å². The van der Waals surface area contributed by atoms with Crippen molar-refractivity contribution in [2.45, 2.75) is 63.9 Å². The van der Waals surface area contributed by atoms with Crippen LogP contribution in [0.1, 0.15) is 49.6 Å². The van der Waals surface area contributed by atoms with E-state index in [1.54, 1.807) is 13.8 Å². The van der Waals surface area contributed by atoms with Crippen LogP contribution in [0.4, 0.5) is 0 Å². The molecule has 2 aliphatic rings. The van der Waals surface area contributed by atoms with Gasteiger partial charge < -0.3 is 9.84 Å². The molecule has 0 unspecified atom stereocenters. The number of amides is 1. The predicted octanol–water partition coefficient (Wildman–Crippen LogP) is 3.11. The maximum atomic E-state index is 13.0. The quantitative estimate of drug-likeness (QED) is 0.643. The van der Waals surface area contributed by atoms with Gasteiger partial charge in [-0.2, -0.15) is 4.31 Å². The van der Waals surface area contributed by atoms with E-state index in [9.17, 15) is 13.2 Å². The third-order valence-electron chi connectivity index (χ3n) is 7.37. The Balaban J connectivity index is 1.24. The highest BCUT2D eigenvalue weighted by Gasteiger charge is 2.36. The number of hydrogen-bond donors (Lipinski definition) is 1. The van der Waals surface area contributed by atoms with Crippen LogP contribution in [0.3, 0.4) is 0 Å². The molecule has 9 heteroatoms. The van der Waals surface area contributed by atoms with Crippen molar-refractivity contribution < 1.29 is 17.7 Å². The number of aromatic nitrogens is 1. The molecule has 8 nitrogen and oxygen atoms in total. The Morgan fingerprint density at radius 3 is 2.32 bits per heavy atom. The molecule has 1 aromatic carbocycles. The Kier molecular flexibility index (Phi) is 7.74. The zero-order chi connectivity index (χ0) is 24.3. The number of carbonyl (C=O) groups is 1. The topological polar surface area (TPSA) is 95.8 Å². The number of hydrogen-bond acceptors (Lipinski definition) is 6. The van der Waals surface area contributed by atoms with Crippen LogP contribution in [0.25, 0.3) is 0 Å². The number of piperidine rings is 2. The van der Waals surface area contributed by atoms with Crippen LogP contribution in [0.2, 0.25) is 0 Å². The van der Waals surface area contributed by atoms with Gasteiger partial charge in [0.05, 0.1) is 0 Å². The fourth-order valence-corrected chi connectivity index (χ4v) is 6.97. The van der Waals surface area contributed by atoms with E-state index in [0.717, 1.165) is 32.5 Å². The van der Waals surface area contributed by atoms with Crippen molar-refractivity contribution in [3.8, 4) is 0 Å². The summed E-state index contributed by atoms with van der Waals surface area (Å²) in [5, 5.41) is 7.05. The fourth-order valence-electron chi connectivity index (χ4n) is 5.21. The third-order valence-corrected chi connectivity index (χ3v) is 9.51. The van der Waals surface area contributed by atoms with Crippen LogP contribution in [-0.2, 0) is 21.4 Å². The maximum absolute atomic E-state index is 13.0. The average molecular weight is 489 g/mol. The first-order valence-corrected chi connectivity index (χ1v) is 13.7. The van der Waals surface area contributed by atoms with E-state index in [-0.39, 0.29) is 28.7 Å². The molecular formula is C25H36N4O4S. The molecule has 2 aromatic rings. The zero-order valence-corrected chi connectivity index (χ0v) is 21.2. The number of carbonyl (C=O) groups excluding carboxylic acids is 1. The molecule has 0 radical (unpaired) electrons. The number of aryl methyl sites for hydroxylation is 2. The van der Waals surface area contributed by atoms with Gasteiger partial charge in [-0.1, -0.05) is 42.4 Å². The second-order valence-electron chi connectivity index (χ2n) is 9.73. The van der Waals surface area contributed by atoms with Crippen LogP contribution >= 0.6 is 0 Å². The predicted molar refractivity (Wildman–Crippen MR) is 130 cm³/mol. The van der Waals surface area contributed by atoms with Crippen molar-refractivity contribution in [3.63, 3.8) is 0 Å². The molecule has 0 aliphatic carbocycles. The summed E-state index contributed by atoms with van der Waals surface area (Å²) in [4.78, 5) is 15.6. The van der Waals surface area contributed by atoms with Crippen molar-refractivity contribution in [2.75, 3.05) is 26.2 Å². The van der Waals surface area contributed by atoms with Crippen LogP contribution in [-0.4, -0.2) is 60.9 Å². The summed E-state index contributed by atoms with van der Waals surface area (Å²) < 4.78 is 32.7. The van der Waals surface area contributed by atoms with Crippen LogP contribution in [0.15, 0.2) is 39.8 Å². The molecule has 4 rings (SSSR count). The Labute approximate surface area is 202 Å². The summed E-state index contributed by atoms with van der Waals surface area (Å²) in [6, 6.07) is 10.7. The first-order valence-electron chi connectivity index (χ1n) is 12.3. The van der Waals surface area contributed by atoms with Gasteiger partial charge in [0, 0.05) is 44.7 Å². The molecule has 3 heterocycles. The third kappa shape index (κ3) is 5.53. The van der Waals surface area contributed by atoms with Gasteiger partial charge in [0.15, 0.2) is 5.76 Å². The lowest BCUT2D eigenvalue weighted by molar-refractivity contribution is -0.127. The summed E-state index contributed by atoms with van der Waals surface area (Å²) in [5.74, 6) is 0.455. The second-order valence-corrected chi connectivity index (χ2v) is 11.6. The summed E-state index contributed by atoms with van der Waals surface area (Å²) in [6.45, 7) is 8.97. The standard InChI is InChI=1S/C25H36N4O4S/c1-18(22-9-15-29(16-10-22)34(31,32)24-19(2)27-33-20(24)3)25(30)26-23-11-13-28(14-12-23)17-21-7-5-4-6-8-21/h4-8,18,22-23H,9-17H2,1-3H3,(H,26,30)/t18-/m0/s1. The van der Waals surface area contributed by atoms with Gasteiger partial charge in [0.1, 0.15) is 10.6 Å². The minimum absolute atomic E-state index is 0.0912. The SMILES string of the molecule is Cc1noc(C)c1S(=O)(=O)N1CCC([C@H](C)C(=O)NC2CCN(Cc3ccccc3)CC2)CC1. The number of likely N-dealkylation sites (tertiary alicyclic amines) is 1. The lowest BCUT2D eigenvalue weighted by Crippen LogP contribution is -2.48. The minimum atomic E-state index is -3.63. The molecule has 2 fully saturated rings. The van der Waals surface area contributed by atoms with Gasteiger partial charge in [0.25, 0.3) is 0 Å². The van der Waals surface area contributed by atoms with Crippen molar-refractivity contribution in [2.24, 2.45) is 11.8 Å². The van der Waals surface area contributed by atoms with Gasteiger partial charge in [-0.05, 0) is 51.0 Å². The van der Waals surface area contributed by atoms with E-state index in [1.165, 1.54) is 9.87 Å². The molecule has 34 heavy (non-hydrogen) atoms. The minimum Gasteiger partial charge on any atom is -0.360 e. The van der Waals surface area contributed by atoms with Gasteiger partial charge in [-0.25, -0.2) is 8.42 Å². The van der Waals surface area contributed by atoms with E-state index in [1.807, 2.05) is 13.0 Å². The molecule has 2 saturated heterocycles. The first-order chi connectivity index (χ1) is 16.3. The molecule has 1 amide bonds. The van der Waals surface area contributed by atoms with Crippen LogP contribution in [0, 0.1) is 25.7 Å². The number of sulfonamides is 1. The van der Waals surface area contributed by atoms with Gasteiger partial charge in [0.2, 0.25) is 15.9 Å². The van der Waals surface area contributed by atoms with Crippen molar-refractivity contribution in [1.82, 2.24) is 19.7 Å². The Hall–Kier alpha value is -2.23. The number of rotatable bonds is 7. The number of nitrogens with one attached hydrogen (secondary N) is 1. The summed E-state index contributed by atoms with van der Waals surface area (Å²) in [5.41, 5.74) is 1.71. The first kappa shape index (κ1) is 24.9. The Bertz CT molecular complexity index is 1050. The largest absolute Gasteiger partial charge is 0.360 e. The summed E-state index contributed by atoms with van der Waals surface area (Å²) >= 11 is 0. The molecule has 1 aromatic heterocycles. The number of nitrogens with zero attached hydrogens (tertiary/aromatic N) is 3. The highest BCUT2D eigenvalue weighted by Crippen LogP contribution is 2.31. The van der Waals surface area contributed by atoms with E-state index in [0.29, 0.717) is 37.4 Å². The second kappa shape index (κ2) is 10.6. The molecule has 2 aliphatic heterocycles. The molecule has 1 atom stereocenters. The zero-order valence-electron chi connectivity index (χ0n) is 20.4. The molecule has 1 N–H and O–H groups in total. The van der Waals surface area contributed by atoms with Crippen molar-refractivity contribution in [1.29, 1.82) is 0 Å². The van der Waals surface area contributed by atoms with Gasteiger partial charge in [-0.15, -0.1) is 0 Å². The summed E-state index contributed by atoms with van der Waals surface area (Å²) in [7, 11) is -3.63. The Morgan fingerprint density at radius 2 is 1.74 bits per heavy atom. The maximum Gasteiger partial charge on any atom is 0.248 e. The van der Waals surface area contributed by atoms with Crippen LogP contribution < -0.4 is 5.32 Å². The molecule has 0 saturated carbocycles. The van der Waals surface area contributed by atoms with Gasteiger partial charge >= 0.3 is 0 Å². The molecule has 186 valence electrons. The Morgan fingerprint density at radius 1 is 1.09 bits per heavy atom. The van der Waals surface area contributed by atoms with Crippen molar-refractivity contribution >= 4 is 15.9 Å². The molecule has 0 spiro atoms. The summed E-state index contributed by atoms with van der Waals surface area (Å²) in [6.07, 6.45) is 3.26. The number of benzene rings is 1. The fraction of sp³-hybridized carbons (Fsp3) is 0.600. The average Bonchev–Trinajstić information content (AvgIpc) is 3.19. The van der Waals surface area contributed by atoms with E-state index in [4.69, 9.17) is 4.52 Å². The van der Waals surface area contributed by atoms with E-state index >= 15 is 0 Å². The molecule has 0 bridgehead atoms. The lowest BCUT2D eigenvalue weighted by atomic mass is 9.85. The van der Waals surface area contributed by atoms with E-state index in [2.05, 4.69) is 39.6 Å². The highest BCUT2D eigenvalue weighted by atomic mass is 32.2. The monoisotopic (exact) mass is 488 g/mol. The highest BCUT2D eigenvalue weighted by molar-refractivity contribution is 7.89. The van der Waals surface area contributed by atoms with Gasteiger partial charge in [-0.3, -0.25) is 9.69 Å². The smallest absolute Gasteiger partial charge is 0.248 e. The van der Waals surface area contributed by atoms with E-state index < -0.39 is 10.0 Å².